The van der Waals surface area contributed by atoms with Crippen molar-refractivity contribution in [2.45, 2.75) is 53.1 Å². The molecule has 0 radical (unpaired) electrons. The standard InChI is InChI=1S/C26H37N3O4S/c1-19(2)16-27-26(31)21(5)28(17-22-12-8-7-9-13-22)25(30)18-29(34(6,32)33)24-15-11-10-14-23(24)20(3)4/h7-15,19-21H,16-18H2,1-6H3,(H,27,31)/t21-/m1/s1. The molecule has 1 atom stereocenters. The minimum absolute atomic E-state index is 0.0664. The number of carbonyl (C=O) groups is 2. The molecule has 0 bridgehead atoms. The van der Waals surface area contributed by atoms with Crippen molar-refractivity contribution in [3.05, 3.63) is 65.7 Å². The Hall–Kier alpha value is -2.87. The van der Waals surface area contributed by atoms with E-state index >= 15 is 0 Å². The fourth-order valence-electron chi connectivity index (χ4n) is 3.61. The number of hydrogen-bond donors (Lipinski definition) is 1. The molecule has 186 valence electrons. The second-order valence-corrected chi connectivity index (χ2v) is 11.2. The van der Waals surface area contributed by atoms with Crippen LogP contribution in [0.25, 0.3) is 0 Å². The van der Waals surface area contributed by atoms with Crippen molar-refractivity contribution in [3.63, 3.8) is 0 Å². The van der Waals surface area contributed by atoms with Gasteiger partial charge in [-0.2, -0.15) is 0 Å². The number of sulfonamides is 1. The van der Waals surface area contributed by atoms with Crippen LogP contribution in [0.4, 0.5) is 5.69 Å². The molecule has 0 aliphatic carbocycles. The average molecular weight is 488 g/mol. The van der Waals surface area contributed by atoms with E-state index in [4.69, 9.17) is 0 Å². The summed E-state index contributed by atoms with van der Waals surface area (Å²) in [5.74, 6) is -0.383. The first-order valence-corrected chi connectivity index (χ1v) is 13.4. The van der Waals surface area contributed by atoms with Crippen LogP contribution in [0, 0.1) is 5.92 Å². The highest BCUT2D eigenvalue weighted by molar-refractivity contribution is 7.92. The molecule has 0 saturated heterocycles. The van der Waals surface area contributed by atoms with Crippen molar-refractivity contribution in [1.29, 1.82) is 0 Å². The lowest BCUT2D eigenvalue weighted by Gasteiger charge is -2.32. The van der Waals surface area contributed by atoms with Crippen molar-refractivity contribution in [1.82, 2.24) is 10.2 Å². The van der Waals surface area contributed by atoms with Gasteiger partial charge in [0.1, 0.15) is 12.6 Å². The molecule has 7 nitrogen and oxygen atoms in total. The first-order valence-electron chi connectivity index (χ1n) is 11.6. The second kappa shape index (κ2) is 12.0. The molecule has 0 fully saturated rings. The third-order valence-corrected chi connectivity index (χ3v) is 6.68. The molecule has 0 unspecified atom stereocenters. The highest BCUT2D eigenvalue weighted by Crippen LogP contribution is 2.29. The summed E-state index contributed by atoms with van der Waals surface area (Å²) in [5, 5.41) is 2.88. The molecular formula is C26H37N3O4S. The number of hydrogen-bond acceptors (Lipinski definition) is 4. The van der Waals surface area contributed by atoms with Gasteiger partial charge in [0.15, 0.2) is 0 Å². The number of rotatable bonds is 11. The predicted molar refractivity (Wildman–Crippen MR) is 137 cm³/mol. The highest BCUT2D eigenvalue weighted by Gasteiger charge is 2.31. The SMILES string of the molecule is CC(C)CNC(=O)[C@@H](C)N(Cc1ccccc1)C(=O)CN(c1ccccc1C(C)C)S(C)(=O)=O. The van der Waals surface area contributed by atoms with Gasteiger partial charge in [0.25, 0.3) is 0 Å². The Balaban J connectivity index is 2.40. The van der Waals surface area contributed by atoms with E-state index in [0.29, 0.717) is 12.2 Å². The van der Waals surface area contributed by atoms with Crippen LogP contribution in [-0.2, 0) is 26.2 Å². The van der Waals surface area contributed by atoms with E-state index in [1.807, 2.05) is 70.2 Å². The largest absolute Gasteiger partial charge is 0.354 e. The van der Waals surface area contributed by atoms with Crippen LogP contribution in [0.15, 0.2) is 54.6 Å². The van der Waals surface area contributed by atoms with Crippen LogP contribution in [0.3, 0.4) is 0 Å². The summed E-state index contributed by atoms with van der Waals surface area (Å²) in [6, 6.07) is 15.8. The van der Waals surface area contributed by atoms with Gasteiger partial charge in [-0.1, -0.05) is 76.2 Å². The van der Waals surface area contributed by atoms with Gasteiger partial charge < -0.3 is 10.2 Å². The van der Waals surface area contributed by atoms with Crippen molar-refractivity contribution < 1.29 is 18.0 Å². The number of para-hydroxylation sites is 1. The summed E-state index contributed by atoms with van der Waals surface area (Å²) in [6.07, 6.45) is 1.09. The van der Waals surface area contributed by atoms with Crippen LogP contribution < -0.4 is 9.62 Å². The molecule has 1 N–H and O–H groups in total. The van der Waals surface area contributed by atoms with E-state index in [1.54, 1.807) is 19.1 Å². The lowest BCUT2D eigenvalue weighted by Crippen LogP contribution is -2.51. The normalized spacial score (nSPS) is 12.5. The maximum atomic E-state index is 13.6. The molecule has 0 heterocycles. The molecule has 0 saturated carbocycles. The Bertz CT molecular complexity index is 1070. The zero-order chi connectivity index (χ0) is 25.5. The first-order chi connectivity index (χ1) is 15.9. The van der Waals surface area contributed by atoms with Crippen molar-refractivity contribution in [3.8, 4) is 0 Å². The van der Waals surface area contributed by atoms with Gasteiger partial charge in [0.05, 0.1) is 11.9 Å². The number of benzene rings is 2. The first kappa shape index (κ1) is 27.4. The number of amides is 2. The van der Waals surface area contributed by atoms with Gasteiger partial charge in [0, 0.05) is 13.1 Å². The minimum atomic E-state index is -3.76. The van der Waals surface area contributed by atoms with E-state index < -0.39 is 28.5 Å². The van der Waals surface area contributed by atoms with E-state index in [-0.39, 0.29) is 24.3 Å². The van der Waals surface area contributed by atoms with Gasteiger partial charge in [-0.05, 0) is 36.0 Å². The van der Waals surface area contributed by atoms with Crippen molar-refractivity contribution in [2.75, 3.05) is 23.7 Å². The molecule has 0 aromatic heterocycles. The van der Waals surface area contributed by atoms with Gasteiger partial charge in [-0.15, -0.1) is 0 Å². The smallest absolute Gasteiger partial charge is 0.244 e. The van der Waals surface area contributed by atoms with Gasteiger partial charge >= 0.3 is 0 Å². The summed E-state index contributed by atoms with van der Waals surface area (Å²) in [5.41, 5.74) is 2.16. The third kappa shape index (κ3) is 7.58. The maximum Gasteiger partial charge on any atom is 0.244 e. The van der Waals surface area contributed by atoms with Crippen LogP contribution >= 0.6 is 0 Å². The van der Waals surface area contributed by atoms with E-state index in [9.17, 15) is 18.0 Å². The Morgan fingerprint density at radius 1 is 0.912 bits per heavy atom. The summed E-state index contributed by atoms with van der Waals surface area (Å²) in [6.45, 7) is 9.91. The monoisotopic (exact) mass is 487 g/mol. The number of carbonyl (C=O) groups excluding carboxylic acids is 2. The molecule has 2 rings (SSSR count). The summed E-state index contributed by atoms with van der Waals surface area (Å²) >= 11 is 0. The van der Waals surface area contributed by atoms with Crippen LogP contribution in [0.1, 0.15) is 51.7 Å². The molecule has 8 heteroatoms. The number of anilines is 1. The fourth-order valence-corrected chi connectivity index (χ4v) is 4.48. The Kier molecular flexibility index (Phi) is 9.67. The molecule has 2 aromatic carbocycles. The van der Waals surface area contributed by atoms with Gasteiger partial charge in [-0.3, -0.25) is 13.9 Å². The molecule has 0 spiro atoms. The van der Waals surface area contributed by atoms with Gasteiger partial charge in [0.2, 0.25) is 21.8 Å². The number of nitrogens with one attached hydrogen (secondary N) is 1. The predicted octanol–water partition coefficient (Wildman–Crippen LogP) is 3.77. The summed E-state index contributed by atoms with van der Waals surface area (Å²) < 4.78 is 26.7. The molecule has 0 aliphatic rings. The van der Waals surface area contributed by atoms with Gasteiger partial charge in [-0.25, -0.2) is 8.42 Å². The second-order valence-electron chi connectivity index (χ2n) is 9.31. The molecule has 2 aromatic rings. The van der Waals surface area contributed by atoms with Crippen molar-refractivity contribution in [2.24, 2.45) is 5.92 Å². The summed E-state index contributed by atoms with van der Waals surface area (Å²) in [7, 11) is -3.76. The van der Waals surface area contributed by atoms with Crippen LogP contribution in [0.2, 0.25) is 0 Å². The lowest BCUT2D eigenvalue weighted by atomic mass is 10.0. The Labute approximate surface area is 204 Å². The average Bonchev–Trinajstić information content (AvgIpc) is 2.78. The third-order valence-electron chi connectivity index (χ3n) is 5.55. The fraction of sp³-hybridized carbons (Fsp3) is 0.462. The molecule has 2 amide bonds. The zero-order valence-corrected chi connectivity index (χ0v) is 21.8. The lowest BCUT2D eigenvalue weighted by molar-refractivity contribution is -0.139. The maximum absolute atomic E-state index is 13.6. The number of nitrogens with zero attached hydrogens (tertiary/aromatic N) is 2. The zero-order valence-electron chi connectivity index (χ0n) is 21.0. The Morgan fingerprint density at radius 2 is 1.50 bits per heavy atom. The van der Waals surface area contributed by atoms with Crippen LogP contribution in [0.5, 0.6) is 0 Å². The highest BCUT2D eigenvalue weighted by atomic mass is 32.2. The van der Waals surface area contributed by atoms with Crippen molar-refractivity contribution >= 4 is 27.5 Å². The van der Waals surface area contributed by atoms with E-state index in [0.717, 1.165) is 21.7 Å². The topological polar surface area (TPSA) is 86.8 Å². The summed E-state index contributed by atoms with van der Waals surface area (Å²) in [4.78, 5) is 27.9. The van der Waals surface area contributed by atoms with E-state index in [1.165, 1.54) is 4.90 Å². The molecular weight excluding hydrogens is 450 g/mol. The van der Waals surface area contributed by atoms with Crippen LogP contribution in [-0.4, -0.2) is 50.5 Å². The quantitative estimate of drug-likeness (QED) is 0.523. The minimum Gasteiger partial charge on any atom is -0.354 e. The van der Waals surface area contributed by atoms with E-state index in [2.05, 4.69) is 5.32 Å². The molecule has 34 heavy (non-hydrogen) atoms. The molecule has 0 aliphatic heterocycles. The Morgan fingerprint density at radius 3 is 2.06 bits per heavy atom.